The monoisotopic (exact) mass is 369 g/mol. The molecule has 1 fully saturated rings. The number of nitrogens with zero attached hydrogens (tertiary/aromatic N) is 5. The Balaban J connectivity index is 1.69. The van der Waals surface area contributed by atoms with Gasteiger partial charge in [-0.3, -0.25) is 4.90 Å². The molecule has 1 aromatic carbocycles. The molecular formula is C20H27N5S. The van der Waals surface area contributed by atoms with Gasteiger partial charge in [0.25, 0.3) is 0 Å². The van der Waals surface area contributed by atoms with Gasteiger partial charge in [0.05, 0.1) is 19.2 Å². The van der Waals surface area contributed by atoms with Crippen molar-refractivity contribution in [3.05, 3.63) is 41.7 Å². The molecular weight excluding hydrogens is 342 g/mol. The fraction of sp³-hybridized carbons (Fsp3) is 0.550. The second-order valence-corrected chi connectivity index (χ2v) is 7.83. The van der Waals surface area contributed by atoms with E-state index in [2.05, 4.69) is 56.1 Å². The molecule has 6 heteroatoms. The minimum atomic E-state index is 0.636. The molecule has 0 radical (unpaired) electrons. The number of aromatic nitrogens is 3. The van der Waals surface area contributed by atoms with Gasteiger partial charge in [-0.05, 0) is 44.3 Å². The Morgan fingerprint density at radius 1 is 1.00 bits per heavy atom. The first kappa shape index (κ1) is 18.9. The lowest BCUT2D eigenvalue weighted by atomic mass is 10.1. The third kappa shape index (κ3) is 5.58. The van der Waals surface area contributed by atoms with Crippen LogP contribution in [0.1, 0.15) is 49.9 Å². The Bertz CT molecular complexity index is 701. The molecule has 0 amide bonds. The summed E-state index contributed by atoms with van der Waals surface area (Å²) in [5, 5.41) is 18.7. The van der Waals surface area contributed by atoms with Gasteiger partial charge in [0.2, 0.25) is 0 Å². The van der Waals surface area contributed by atoms with Gasteiger partial charge in [-0.15, -0.1) is 10.2 Å². The van der Waals surface area contributed by atoms with Gasteiger partial charge in [-0.25, -0.2) is 0 Å². The predicted octanol–water partition coefficient (Wildman–Crippen LogP) is 4.10. The summed E-state index contributed by atoms with van der Waals surface area (Å²) < 4.78 is 2.28. The van der Waals surface area contributed by atoms with E-state index in [1.807, 2.05) is 0 Å². The number of unbranched alkanes of at least 4 members (excludes halogenated alkanes) is 2. The zero-order valence-corrected chi connectivity index (χ0v) is 16.1. The molecule has 3 rings (SSSR count). The van der Waals surface area contributed by atoms with E-state index in [4.69, 9.17) is 5.26 Å². The molecule has 0 saturated carbocycles. The highest BCUT2D eigenvalue weighted by molar-refractivity contribution is 7.99. The Labute approximate surface area is 160 Å². The molecule has 2 aromatic rings. The van der Waals surface area contributed by atoms with Gasteiger partial charge in [-0.1, -0.05) is 48.5 Å². The van der Waals surface area contributed by atoms with E-state index < -0.39 is 0 Å². The molecule has 2 heterocycles. The van der Waals surface area contributed by atoms with Crippen LogP contribution in [0.4, 0.5) is 0 Å². The number of piperidine rings is 1. The lowest BCUT2D eigenvalue weighted by Gasteiger charge is -2.26. The second kappa shape index (κ2) is 10.3. The quantitative estimate of drug-likeness (QED) is 0.492. The van der Waals surface area contributed by atoms with E-state index in [1.54, 1.807) is 11.8 Å². The summed E-state index contributed by atoms with van der Waals surface area (Å²) in [6.45, 7) is 4.02. The predicted molar refractivity (Wildman–Crippen MR) is 105 cm³/mol. The second-order valence-electron chi connectivity index (χ2n) is 6.77. The van der Waals surface area contributed by atoms with Crippen LogP contribution >= 0.6 is 11.8 Å². The van der Waals surface area contributed by atoms with Crippen molar-refractivity contribution in [3.63, 3.8) is 0 Å². The zero-order chi connectivity index (χ0) is 18.0. The molecule has 0 bridgehead atoms. The Hall–Kier alpha value is -1.84. The van der Waals surface area contributed by atoms with Crippen molar-refractivity contribution in [2.24, 2.45) is 0 Å². The number of benzene rings is 1. The van der Waals surface area contributed by atoms with Crippen molar-refractivity contribution in [2.45, 2.75) is 56.8 Å². The molecule has 5 nitrogen and oxygen atoms in total. The molecule has 0 N–H and O–H groups in total. The maximum absolute atomic E-state index is 8.66. The highest BCUT2D eigenvalue weighted by Gasteiger charge is 2.17. The molecule has 0 spiro atoms. The average molecular weight is 370 g/mol. The summed E-state index contributed by atoms with van der Waals surface area (Å²) >= 11 is 1.76. The van der Waals surface area contributed by atoms with Crippen LogP contribution in [-0.4, -0.2) is 38.5 Å². The van der Waals surface area contributed by atoms with E-state index in [-0.39, 0.29) is 0 Å². The number of rotatable bonds is 9. The molecule has 1 aliphatic heterocycles. The van der Waals surface area contributed by atoms with Crippen LogP contribution in [0.5, 0.6) is 0 Å². The molecule has 0 atom stereocenters. The van der Waals surface area contributed by atoms with Crippen LogP contribution in [0.3, 0.4) is 0 Å². The summed E-state index contributed by atoms with van der Waals surface area (Å²) in [6, 6.07) is 12.7. The van der Waals surface area contributed by atoms with Gasteiger partial charge in [0, 0.05) is 12.2 Å². The third-order valence-corrected chi connectivity index (χ3v) is 5.76. The number of hydrogen-bond acceptors (Lipinski definition) is 5. The Morgan fingerprint density at radius 2 is 1.81 bits per heavy atom. The molecule has 1 saturated heterocycles. The van der Waals surface area contributed by atoms with Crippen LogP contribution in [0.15, 0.2) is 35.5 Å². The van der Waals surface area contributed by atoms with Crippen LogP contribution < -0.4 is 0 Å². The van der Waals surface area contributed by atoms with Crippen molar-refractivity contribution in [1.29, 1.82) is 5.26 Å². The maximum Gasteiger partial charge on any atom is 0.191 e. The van der Waals surface area contributed by atoms with Gasteiger partial charge < -0.3 is 4.57 Å². The van der Waals surface area contributed by atoms with Crippen LogP contribution in [0.2, 0.25) is 0 Å². The topological polar surface area (TPSA) is 57.7 Å². The fourth-order valence-electron chi connectivity index (χ4n) is 3.25. The van der Waals surface area contributed by atoms with Crippen molar-refractivity contribution < 1.29 is 0 Å². The van der Waals surface area contributed by atoms with Crippen LogP contribution in [-0.2, 0) is 13.1 Å². The largest absolute Gasteiger partial charge is 0.300 e. The van der Waals surface area contributed by atoms with Crippen LogP contribution in [0.25, 0.3) is 0 Å². The Kier molecular flexibility index (Phi) is 7.53. The molecule has 1 aliphatic rings. The van der Waals surface area contributed by atoms with Crippen molar-refractivity contribution in [2.75, 3.05) is 18.8 Å². The Morgan fingerprint density at radius 3 is 2.58 bits per heavy atom. The molecule has 26 heavy (non-hydrogen) atoms. The number of nitriles is 1. The van der Waals surface area contributed by atoms with E-state index in [1.165, 1.54) is 24.8 Å². The van der Waals surface area contributed by atoms with Crippen molar-refractivity contribution in [3.8, 4) is 6.07 Å². The lowest BCUT2D eigenvalue weighted by Crippen LogP contribution is -2.30. The first-order valence-corrected chi connectivity index (χ1v) is 10.5. The van der Waals surface area contributed by atoms with Gasteiger partial charge in [0.15, 0.2) is 5.16 Å². The van der Waals surface area contributed by atoms with Gasteiger partial charge in [0.1, 0.15) is 5.82 Å². The highest BCUT2D eigenvalue weighted by Crippen LogP contribution is 2.22. The maximum atomic E-state index is 8.66. The summed E-state index contributed by atoms with van der Waals surface area (Å²) in [6.07, 6.45) is 6.55. The van der Waals surface area contributed by atoms with Gasteiger partial charge in [-0.2, -0.15) is 5.26 Å². The van der Waals surface area contributed by atoms with Crippen molar-refractivity contribution in [1.82, 2.24) is 19.7 Å². The average Bonchev–Trinajstić information content (AvgIpc) is 3.05. The molecule has 0 unspecified atom stereocenters. The first-order valence-electron chi connectivity index (χ1n) is 9.55. The van der Waals surface area contributed by atoms with E-state index in [0.717, 1.165) is 55.8 Å². The first-order chi connectivity index (χ1) is 12.9. The molecule has 138 valence electrons. The summed E-state index contributed by atoms with van der Waals surface area (Å²) in [7, 11) is 0. The number of thioether (sulfide) groups is 1. The summed E-state index contributed by atoms with van der Waals surface area (Å²) in [5.41, 5.74) is 1.28. The standard InChI is InChI=1S/C20H27N5S/c21-12-6-2-9-15-26-20-23-22-19(17-24-13-7-3-8-14-24)25(20)16-18-10-4-1-5-11-18/h1,4-5,10-11H,2-3,6-9,13-17H2. The molecule has 0 aliphatic carbocycles. The van der Waals surface area contributed by atoms with Crippen molar-refractivity contribution >= 4 is 11.8 Å². The minimum absolute atomic E-state index is 0.636. The number of hydrogen-bond donors (Lipinski definition) is 0. The van der Waals surface area contributed by atoms with E-state index in [0.29, 0.717) is 6.42 Å². The van der Waals surface area contributed by atoms with Crippen LogP contribution in [0, 0.1) is 11.3 Å². The SMILES string of the molecule is N#CCCCCSc1nnc(CN2CCCCC2)n1Cc1ccccc1. The fourth-order valence-corrected chi connectivity index (χ4v) is 4.21. The zero-order valence-electron chi connectivity index (χ0n) is 15.3. The lowest BCUT2D eigenvalue weighted by molar-refractivity contribution is 0.213. The number of likely N-dealkylation sites (tertiary alicyclic amines) is 1. The summed E-state index contributed by atoms with van der Waals surface area (Å²) in [5.74, 6) is 2.05. The van der Waals surface area contributed by atoms with E-state index >= 15 is 0 Å². The minimum Gasteiger partial charge on any atom is -0.300 e. The molecule has 1 aromatic heterocycles. The van der Waals surface area contributed by atoms with E-state index in [9.17, 15) is 0 Å². The summed E-state index contributed by atoms with van der Waals surface area (Å²) in [4.78, 5) is 2.50. The smallest absolute Gasteiger partial charge is 0.191 e. The normalized spacial score (nSPS) is 15.0. The highest BCUT2D eigenvalue weighted by atomic mass is 32.2. The van der Waals surface area contributed by atoms with Gasteiger partial charge >= 0.3 is 0 Å². The third-order valence-electron chi connectivity index (χ3n) is 4.70.